The van der Waals surface area contributed by atoms with Crippen molar-refractivity contribution in [3.63, 3.8) is 0 Å². The number of nitrogens with one attached hydrogen (secondary N) is 1. The van der Waals surface area contributed by atoms with Gasteiger partial charge in [0.15, 0.2) is 5.71 Å². The topological polar surface area (TPSA) is 326 Å². The molecule has 0 aliphatic carbocycles. The van der Waals surface area contributed by atoms with Gasteiger partial charge in [-0.05, 0) is 98.1 Å². The van der Waals surface area contributed by atoms with Gasteiger partial charge >= 0.3 is 0 Å². The number of benzene rings is 3. The second kappa shape index (κ2) is 19.4. The molecule has 370 valence electrons. The summed E-state index contributed by atoms with van der Waals surface area (Å²) < 4.78 is 160. The van der Waals surface area contributed by atoms with Gasteiger partial charge in [-0.2, -0.15) is 38.2 Å². The lowest BCUT2D eigenvalue weighted by molar-refractivity contribution is -0.437. The molecule has 2 aliphatic rings. The van der Waals surface area contributed by atoms with Crippen molar-refractivity contribution in [2.24, 2.45) is 5.14 Å². The number of sulfonamides is 1. The Labute approximate surface area is 401 Å². The number of pyridine rings is 1. The van der Waals surface area contributed by atoms with E-state index in [4.69, 9.17) is 5.14 Å². The maximum atomic E-state index is 13.3. The fraction of sp³-hybridized carbons (Fsp3) is 0.295. The number of hydrogen-bond acceptors (Lipinski definition) is 13. The van der Waals surface area contributed by atoms with E-state index in [1.807, 2.05) is 0 Å². The number of carbonyl (C=O) groups is 1. The molecule has 20 nitrogen and oxygen atoms in total. The third-order valence-corrected chi connectivity index (χ3v) is 16.0. The van der Waals surface area contributed by atoms with Crippen molar-refractivity contribution >= 4 is 79.1 Å². The maximum absolute atomic E-state index is 13.3. The maximum Gasteiger partial charge on any atom is 0.294 e. The number of primary sulfonamides is 1. The molecular weight excluding hydrogens is 999 g/mol. The summed E-state index contributed by atoms with van der Waals surface area (Å²) in [4.78, 5) is 18.8. The van der Waals surface area contributed by atoms with Crippen LogP contribution in [0.25, 0.3) is 5.57 Å². The van der Waals surface area contributed by atoms with Gasteiger partial charge in [0.2, 0.25) is 15.7 Å². The van der Waals surface area contributed by atoms with E-state index in [9.17, 15) is 65.1 Å². The van der Waals surface area contributed by atoms with Crippen LogP contribution in [-0.4, -0.2) is 106 Å². The highest BCUT2D eigenvalue weighted by Crippen LogP contribution is 2.49. The van der Waals surface area contributed by atoms with Crippen molar-refractivity contribution in [1.82, 2.24) is 10.3 Å². The molecule has 25 heteroatoms. The number of anilines is 1. The monoisotopic (exact) mass is 1050 g/mol. The number of hydrogen-bond donors (Lipinski definition) is 6. The van der Waals surface area contributed by atoms with E-state index in [2.05, 4.69) is 10.3 Å². The van der Waals surface area contributed by atoms with Crippen molar-refractivity contribution in [3.05, 3.63) is 137 Å². The van der Waals surface area contributed by atoms with Crippen LogP contribution in [0, 0.1) is 0 Å². The molecule has 4 aromatic rings. The summed E-state index contributed by atoms with van der Waals surface area (Å²) in [6.07, 6.45) is 7.91. The standard InChI is InChI=1S/C44H49N5O15S5/c1-43(2)35-25-33(68(59,60)61)13-16-38(35)48(20-6-22-65(51,52)53)40(43)18-11-30(37-15-10-31(28-46-37)42(50)47-27-29-8-5-9-32(24-29)67(45,57)58)12-19-41-44(3,4)36-26-34(69(62,63)64)14-17-39(36)49(41)21-7-23-66(54,55)56/h5,8-19,24-26,28H,6-7,20-23,27H2,1-4H3,(H6-,45,47,50,51,52,53,54,55,56,57,58,59,60,61,62,63,64)/p+1. The van der Waals surface area contributed by atoms with Gasteiger partial charge in [0.05, 0.1) is 42.9 Å². The van der Waals surface area contributed by atoms with Crippen LogP contribution >= 0.6 is 0 Å². The molecule has 69 heavy (non-hydrogen) atoms. The molecule has 0 unspecified atom stereocenters. The van der Waals surface area contributed by atoms with Gasteiger partial charge in [0.25, 0.3) is 46.4 Å². The van der Waals surface area contributed by atoms with E-state index < -0.39 is 78.7 Å². The Bertz CT molecular complexity index is 3440. The van der Waals surface area contributed by atoms with Crippen molar-refractivity contribution < 1.29 is 69.7 Å². The second-order valence-electron chi connectivity index (χ2n) is 17.3. The molecule has 0 saturated heterocycles. The SMILES string of the molecule is CC1(C)C(=CC=C(C=CC2=[N+](CCCS(=O)(=O)O)c3ccc(S(=O)(=O)O)cc3C2(C)C)c2ccc(C(=O)NCc3cccc(S(N)(=O)=O)c3)cn2)N(CCCS(=O)(=O)O)c2ccc(S(=O)(=O)O)cc21. The number of nitrogens with zero attached hydrogens (tertiary/aromatic N) is 3. The molecule has 1 aromatic heterocycles. The van der Waals surface area contributed by atoms with Gasteiger partial charge in [-0.25, -0.2) is 13.6 Å². The first-order valence-electron chi connectivity index (χ1n) is 20.8. The molecule has 0 atom stereocenters. The summed E-state index contributed by atoms with van der Waals surface area (Å²) in [6, 6.07) is 16.7. The number of allylic oxidation sites excluding steroid dienone is 6. The number of nitrogens with two attached hydrogens (primary N) is 1. The van der Waals surface area contributed by atoms with Gasteiger partial charge in [0.1, 0.15) is 6.54 Å². The molecule has 3 heterocycles. The van der Waals surface area contributed by atoms with Gasteiger partial charge in [-0.15, -0.1) is 0 Å². The minimum Gasteiger partial charge on any atom is -0.348 e. The normalized spacial score (nSPS) is 16.9. The Morgan fingerprint density at radius 3 is 1.97 bits per heavy atom. The van der Waals surface area contributed by atoms with Gasteiger partial charge in [-0.1, -0.05) is 32.1 Å². The van der Waals surface area contributed by atoms with E-state index in [1.54, 1.807) is 73.6 Å². The minimum atomic E-state index is -4.64. The van der Waals surface area contributed by atoms with Crippen LogP contribution in [0.1, 0.15) is 73.3 Å². The molecule has 0 radical (unpaired) electrons. The van der Waals surface area contributed by atoms with Gasteiger partial charge < -0.3 is 10.2 Å². The molecule has 0 bridgehead atoms. The molecule has 0 spiro atoms. The summed E-state index contributed by atoms with van der Waals surface area (Å²) in [5.41, 5.74) is 2.24. The Hall–Kier alpha value is -5.48. The van der Waals surface area contributed by atoms with Crippen molar-refractivity contribution in [3.8, 4) is 0 Å². The molecule has 1 amide bonds. The Morgan fingerprint density at radius 2 is 1.38 bits per heavy atom. The molecular formula is C44H50N5O15S5+. The highest BCUT2D eigenvalue weighted by atomic mass is 32.2. The zero-order valence-corrected chi connectivity index (χ0v) is 41.6. The van der Waals surface area contributed by atoms with Gasteiger partial charge in [-0.3, -0.25) is 28.0 Å². The summed E-state index contributed by atoms with van der Waals surface area (Å²) in [5, 5.41) is 7.97. The highest BCUT2D eigenvalue weighted by molar-refractivity contribution is 7.89. The third-order valence-electron chi connectivity index (χ3n) is 11.7. The van der Waals surface area contributed by atoms with E-state index in [1.165, 1.54) is 66.9 Å². The predicted molar refractivity (Wildman–Crippen MR) is 256 cm³/mol. The second-order valence-corrected chi connectivity index (χ2v) is 24.9. The van der Waals surface area contributed by atoms with Crippen LogP contribution in [0.15, 0.2) is 124 Å². The van der Waals surface area contributed by atoms with E-state index in [0.29, 0.717) is 50.7 Å². The fourth-order valence-electron chi connectivity index (χ4n) is 8.30. The lowest BCUT2D eigenvalue weighted by Crippen LogP contribution is -2.28. The summed E-state index contributed by atoms with van der Waals surface area (Å²) in [6.45, 7) is 7.16. The highest BCUT2D eigenvalue weighted by Gasteiger charge is 2.45. The van der Waals surface area contributed by atoms with Crippen LogP contribution in [0.2, 0.25) is 0 Å². The van der Waals surface area contributed by atoms with Crippen molar-refractivity contribution in [1.29, 1.82) is 0 Å². The summed E-state index contributed by atoms with van der Waals surface area (Å²) in [5.74, 6) is -1.73. The molecule has 6 rings (SSSR count). The number of aromatic nitrogens is 1. The Kier molecular flexibility index (Phi) is 14.8. The van der Waals surface area contributed by atoms with Gasteiger partial charge in [0, 0.05) is 65.8 Å². The van der Waals surface area contributed by atoms with Crippen molar-refractivity contribution in [2.45, 2.75) is 72.6 Å². The summed E-state index contributed by atoms with van der Waals surface area (Å²) >= 11 is 0. The Morgan fingerprint density at radius 1 is 0.754 bits per heavy atom. The number of amides is 1. The third kappa shape index (κ3) is 12.5. The smallest absolute Gasteiger partial charge is 0.294 e. The van der Waals surface area contributed by atoms with Crippen LogP contribution in [0.4, 0.5) is 11.4 Å². The van der Waals surface area contributed by atoms with E-state index in [0.717, 1.165) is 0 Å². The summed E-state index contributed by atoms with van der Waals surface area (Å²) in [7, 11) is -22.0. The van der Waals surface area contributed by atoms with Crippen LogP contribution < -0.4 is 15.4 Å². The van der Waals surface area contributed by atoms with Crippen LogP contribution in [-0.2, 0) is 67.9 Å². The van der Waals surface area contributed by atoms with Crippen LogP contribution in [0.3, 0.4) is 0 Å². The minimum absolute atomic E-state index is 0.0368. The molecule has 0 saturated carbocycles. The average molecular weight is 1050 g/mol. The lowest BCUT2D eigenvalue weighted by Gasteiger charge is -2.27. The van der Waals surface area contributed by atoms with E-state index in [-0.39, 0.29) is 52.7 Å². The number of rotatable bonds is 18. The molecule has 7 N–H and O–H groups in total. The molecule has 2 aliphatic heterocycles. The lowest BCUT2D eigenvalue weighted by atomic mass is 9.81. The fourth-order valence-corrected chi connectivity index (χ4v) is 10.9. The average Bonchev–Trinajstić information content (AvgIpc) is 3.58. The molecule has 0 fully saturated rings. The number of fused-ring (bicyclic) bond motifs is 2. The quantitative estimate of drug-likeness (QED) is 0.0457. The number of carbonyl (C=O) groups excluding carboxylic acids is 1. The molecule has 3 aromatic carbocycles. The van der Waals surface area contributed by atoms with E-state index >= 15 is 0 Å². The largest absolute Gasteiger partial charge is 0.348 e. The zero-order chi connectivity index (χ0) is 51.1. The van der Waals surface area contributed by atoms with Crippen LogP contribution in [0.5, 0.6) is 0 Å². The first-order valence-corrected chi connectivity index (χ1v) is 28.5. The predicted octanol–water partition coefficient (Wildman–Crippen LogP) is 4.41. The Balaban J connectivity index is 1.48. The zero-order valence-electron chi connectivity index (χ0n) is 37.5. The van der Waals surface area contributed by atoms with Crippen molar-refractivity contribution in [2.75, 3.05) is 29.5 Å². The first-order chi connectivity index (χ1) is 31.8. The first kappa shape index (κ1) is 52.9.